The van der Waals surface area contributed by atoms with Crippen molar-refractivity contribution in [2.24, 2.45) is 0 Å². The molecule has 0 unspecified atom stereocenters. The first-order chi connectivity index (χ1) is 26.6. The highest BCUT2D eigenvalue weighted by Gasteiger charge is 2.41. The fraction of sp³-hybridized carbons (Fsp3) is 0. The topological polar surface area (TPSA) is 32.0 Å². The molecule has 0 saturated heterocycles. The van der Waals surface area contributed by atoms with E-state index in [2.05, 4.69) is 167 Å². The van der Waals surface area contributed by atoms with Gasteiger partial charge in [-0.05, 0) is 106 Å². The van der Waals surface area contributed by atoms with Crippen molar-refractivity contribution >= 4 is 67.7 Å². The van der Waals surface area contributed by atoms with Gasteiger partial charge in [-0.3, -0.25) is 0 Å². The Labute approximate surface area is 315 Å². The molecule has 54 heavy (non-hydrogen) atoms. The van der Waals surface area contributed by atoms with E-state index in [9.17, 15) is 9.65 Å². The van der Waals surface area contributed by atoms with Gasteiger partial charge in [0, 0.05) is 33.5 Å². The van der Waals surface area contributed by atoms with E-state index in [4.69, 9.17) is 0 Å². The van der Waals surface area contributed by atoms with Crippen molar-refractivity contribution in [3.63, 3.8) is 0 Å². The predicted octanol–water partition coefficient (Wildman–Crippen LogP) is 9.64. The van der Waals surface area contributed by atoms with E-state index in [1.165, 1.54) is 32.9 Å². The Bertz CT molecular complexity index is 2660. The van der Waals surface area contributed by atoms with E-state index in [0.717, 1.165) is 44.6 Å². The highest BCUT2D eigenvalue weighted by atomic mass is 28.3. The van der Waals surface area contributed by atoms with Gasteiger partial charge in [-0.2, -0.15) is 5.26 Å². The Balaban J connectivity index is 1.36. The molecule has 0 amide bonds. The number of nitrogens with zero attached hydrogens (tertiary/aromatic N) is 3. The minimum Gasteiger partial charge on any atom is -0.310 e. The molecule has 9 aromatic rings. The van der Waals surface area contributed by atoms with E-state index in [1.807, 2.05) is 30.3 Å². The van der Waals surface area contributed by atoms with Crippen molar-refractivity contribution in [2.45, 2.75) is 0 Å². The van der Waals surface area contributed by atoms with E-state index in [-0.39, 0.29) is 5.82 Å². The zero-order valence-electron chi connectivity index (χ0n) is 29.3. The van der Waals surface area contributed by atoms with Gasteiger partial charge in [0.1, 0.15) is 5.82 Å². The molecule has 0 atom stereocenters. The number of hydrogen-bond acceptors (Lipinski definition) is 2. The molecule has 0 aliphatic rings. The Kier molecular flexibility index (Phi) is 8.43. The summed E-state index contributed by atoms with van der Waals surface area (Å²) in [5.74, 6) is -0.296. The SMILES string of the molecule is N#Cc1ccc(N(c2ccc(F)cc2)c2ccc3c(c2)c2cc([Si](c4ccccc4)(c4ccccc4)c4ccccc4)ccc2n3-c2ccccc2)cc1. The van der Waals surface area contributed by atoms with E-state index >= 15 is 0 Å². The molecular weight excluding hydrogens is 678 g/mol. The van der Waals surface area contributed by atoms with Gasteiger partial charge in [-0.25, -0.2) is 4.39 Å². The zero-order chi connectivity index (χ0) is 36.5. The van der Waals surface area contributed by atoms with Crippen LogP contribution in [0.4, 0.5) is 21.5 Å². The molecule has 0 N–H and O–H groups in total. The van der Waals surface area contributed by atoms with Gasteiger partial charge < -0.3 is 9.47 Å². The average molecular weight is 712 g/mol. The maximum absolute atomic E-state index is 14.2. The monoisotopic (exact) mass is 711 g/mol. The molecule has 0 aliphatic carbocycles. The molecule has 0 saturated carbocycles. The average Bonchev–Trinajstić information content (AvgIpc) is 3.57. The van der Waals surface area contributed by atoms with Crippen LogP contribution in [0.2, 0.25) is 0 Å². The third-order valence-corrected chi connectivity index (χ3v) is 15.2. The van der Waals surface area contributed by atoms with Crippen LogP contribution in [0.1, 0.15) is 5.56 Å². The summed E-state index contributed by atoms with van der Waals surface area (Å²) < 4.78 is 16.6. The van der Waals surface area contributed by atoms with Crippen LogP contribution in [-0.2, 0) is 0 Å². The second-order valence-corrected chi connectivity index (χ2v) is 17.2. The first-order valence-electron chi connectivity index (χ1n) is 18.0. The molecule has 256 valence electrons. The van der Waals surface area contributed by atoms with Gasteiger partial charge in [-0.15, -0.1) is 0 Å². The van der Waals surface area contributed by atoms with Crippen LogP contribution in [-0.4, -0.2) is 12.6 Å². The molecule has 8 aromatic carbocycles. The maximum Gasteiger partial charge on any atom is 0.179 e. The van der Waals surface area contributed by atoms with E-state index in [0.29, 0.717) is 5.56 Å². The summed E-state index contributed by atoms with van der Waals surface area (Å²) in [7, 11) is -2.81. The van der Waals surface area contributed by atoms with Crippen molar-refractivity contribution in [1.82, 2.24) is 4.57 Å². The minimum atomic E-state index is -2.81. The maximum atomic E-state index is 14.2. The van der Waals surface area contributed by atoms with Crippen molar-refractivity contribution in [3.05, 3.63) is 218 Å². The van der Waals surface area contributed by atoms with Gasteiger partial charge in [0.05, 0.1) is 22.7 Å². The number of halogens is 1. The normalized spacial score (nSPS) is 11.4. The quantitative estimate of drug-likeness (QED) is 0.116. The zero-order valence-corrected chi connectivity index (χ0v) is 30.3. The summed E-state index contributed by atoms with van der Waals surface area (Å²) >= 11 is 0. The Hall–Kier alpha value is -7.00. The van der Waals surface area contributed by atoms with Crippen LogP contribution in [0, 0.1) is 17.1 Å². The number of anilines is 3. The lowest BCUT2D eigenvalue weighted by molar-refractivity contribution is 0.628. The molecular formula is C49H34FN3Si. The molecule has 0 bridgehead atoms. The summed E-state index contributed by atoms with van der Waals surface area (Å²) in [6.07, 6.45) is 0. The largest absolute Gasteiger partial charge is 0.310 e. The number of fused-ring (bicyclic) bond motifs is 3. The second-order valence-electron chi connectivity index (χ2n) is 13.4. The highest BCUT2D eigenvalue weighted by Crippen LogP contribution is 2.39. The number of benzene rings is 8. The first-order valence-corrected chi connectivity index (χ1v) is 20.0. The fourth-order valence-corrected chi connectivity index (χ4v) is 12.8. The van der Waals surface area contributed by atoms with Gasteiger partial charge in [-0.1, -0.05) is 121 Å². The number of rotatable bonds is 8. The van der Waals surface area contributed by atoms with Gasteiger partial charge >= 0.3 is 0 Å². The molecule has 1 heterocycles. The highest BCUT2D eigenvalue weighted by molar-refractivity contribution is 7.20. The molecule has 0 aliphatic heterocycles. The number of para-hydroxylation sites is 1. The van der Waals surface area contributed by atoms with Crippen molar-refractivity contribution < 1.29 is 4.39 Å². The van der Waals surface area contributed by atoms with Gasteiger partial charge in [0.2, 0.25) is 0 Å². The van der Waals surface area contributed by atoms with E-state index < -0.39 is 8.07 Å². The summed E-state index contributed by atoms with van der Waals surface area (Å²) in [5, 5.41) is 17.0. The predicted molar refractivity (Wildman–Crippen MR) is 224 cm³/mol. The summed E-state index contributed by atoms with van der Waals surface area (Å²) in [6, 6.07) is 73.4. The lowest BCUT2D eigenvalue weighted by Gasteiger charge is -2.34. The van der Waals surface area contributed by atoms with Crippen LogP contribution in [0.3, 0.4) is 0 Å². The van der Waals surface area contributed by atoms with Crippen molar-refractivity contribution in [2.75, 3.05) is 4.90 Å². The Morgan fingerprint density at radius 3 is 1.41 bits per heavy atom. The third-order valence-electron chi connectivity index (χ3n) is 10.4. The molecule has 5 heteroatoms. The van der Waals surface area contributed by atoms with Crippen molar-refractivity contribution in [3.8, 4) is 11.8 Å². The summed E-state index contributed by atoms with van der Waals surface area (Å²) in [6.45, 7) is 0. The number of hydrogen-bond donors (Lipinski definition) is 0. The van der Waals surface area contributed by atoms with E-state index in [1.54, 1.807) is 12.1 Å². The fourth-order valence-electron chi connectivity index (χ4n) is 8.03. The molecule has 0 radical (unpaired) electrons. The van der Waals surface area contributed by atoms with Crippen molar-refractivity contribution in [1.29, 1.82) is 5.26 Å². The molecule has 0 spiro atoms. The summed E-state index contributed by atoms with van der Waals surface area (Å²) in [5.41, 5.74) is 6.47. The molecule has 1 aromatic heterocycles. The minimum absolute atomic E-state index is 0.296. The van der Waals surface area contributed by atoms with Crippen LogP contribution in [0.25, 0.3) is 27.5 Å². The molecule has 9 rings (SSSR count). The van der Waals surface area contributed by atoms with Crippen LogP contribution >= 0.6 is 0 Å². The first kappa shape index (κ1) is 32.9. The number of nitriles is 1. The van der Waals surface area contributed by atoms with Crippen LogP contribution < -0.4 is 25.6 Å². The molecule has 3 nitrogen and oxygen atoms in total. The van der Waals surface area contributed by atoms with Crippen LogP contribution in [0.15, 0.2) is 206 Å². The smallest absolute Gasteiger partial charge is 0.179 e. The van der Waals surface area contributed by atoms with Gasteiger partial charge in [0.25, 0.3) is 0 Å². The number of aromatic nitrogens is 1. The second kappa shape index (κ2) is 13.9. The Morgan fingerprint density at radius 2 is 0.889 bits per heavy atom. The summed E-state index contributed by atoms with van der Waals surface area (Å²) in [4.78, 5) is 2.12. The van der Waals surface area contributed by atoms with Gasteiger partial charge in [0.15, 0.2) is 8.07 Å². The lowest BCUT2D eigenvalue weighted by Crippen LogP contribution is -2.74. The Morgan fingerprint density at radius 1 is 0.444 bits per heavy atom. The molecule has 0 fully saturated rings. The standard InChI is InChI=1S/C49H34FN3Si/c50-37-23-27-40(28-24-37)52(39-25-21-36(35-51)22-26-39)41-29-31-48-46(33-41)47-34-45(30-32-49(47)53(48)38-13-5-1-6-14-38)54(42-15-7-2-8-16-42,43-17-9-3-10-18-43)44-19-11-4-12-20-44/h1-34H. The third kappa shape index (κ3) is 5.57. The lowest BCUT2D eigenvalue weighted by atomic mass is 10.1. The van der Waals surface area contributed by atoms with Crippen LogP contribution in [0.5, 0.6) is 0 Å².